The quantitative estimate of drug-likeness (QED) is 0.323. The van der Waals surface area contributed by atoms with Crippen molar-refractivity contribution in [3.63, 3.8) is 0 Å². The predicted molar refractivity (Wildman–Crippen MR) is 186 cm³/mol. The molecule has 8 atom stereocenters. The highest BCUT2D eigenvalue weighted by Crippen LogP contribution is 2.49. The lowest BCUT2D eigenvalue weighted by Gasteiger charge is -2.42. The third-order valence-electron chi connectivity index (χ3n) is 9.97. The van der Waals surface area contributed by atoms with Crippen LogP contribution >= 0.6 is 11.6 Å². The zero-order valence-electron chi connectivity index (χ0n) is 30.4. The van der Waals surface area contributed by atoms with Crippen LogP contribution < -0.4 is 15.0 Å². The standard InChI is InChI=1S/C36H50ClN3O10/c1-19(2)32(42)39(7)22(5)33(43)49-28-17-29(41)40(8)24-15-23(16-25(46-9)30(24)37)14-20(3)12-11-13-27(47-10)36(45)18-26(48-34(44)38-36)21(4)31-35(28,6)50-31/h11-13,15-16,19,21-22,26-28,31,45H,14,17-18H2,1-10H3,(H,38,44)/b13-11+,20-12+/t21-,22+,26+,27-,28-,31?,35+,36+/m1/s1. The number of halogens is 1. The first-order valence-electron chi connectivity index (χ1n) is 16.7. The number of hydrogen-bond acceptors (Lipinski definition) is 10. The van der Waals surface area contributed by atoms with Crippen molar-refractivity contribution in [2.75, 3.05) is 33.2 Å². The number of alkyl carbamates (subject to hydrolysis) is 1. The molecule has 0 aromatic heterocycles. The van der Waals surface area contributed by atoms with Crippen molar-refractivity contribution >= 4 is 41.2 Å². The van der Waals surface area contributed by atoms with Crippen LogP contribution in [0, 0.1) is 11.8 Å². The van der Waals surface area contributed by atoms with Crippen molar-refractivity contribution in [1.29, 1.82) is 0 Å². The van der Waals surface area contributed by atoms with Gasteiger partial charge in [0.05, 0.1) is 25.3 Å². The van der Waals surface area contributed by atoms with Crippen LogP contribution in [0.1, 0.15) is 59.9 Å². The van der Waals surface area contributed by atoms with Crippen LogP contribution in [-0.2, 0) is 39.8 Å². The molecule has 2 saturated heterocycles. The topological polar surface area (TPSA) is 156 Å². The Bertz CT molecular complexity index is 1550. The number of fused-ring (bicyclic) bond motifs is 5. The highest BCUT2D eigenvalue weighted by Gasteiger charge is 2.64. The van der Waals surface area contributed by atoms with Crippen molar-refractivity contribution in [2.24, 2.45) is 11.8 Å². The number of likely N-dealkylation sites (N-methyl/N-ethyl adjacent to an activating group) is 1. The average molecular weight is 720 g/mol. The number of hydrogen-bond donors (Lipinski definition) is 2. The maximum absolute atomic E-state index is 14.1. The first-order valence-corrected chi connectivity index (χ1v) is 17.1. The molecule has 1 unspecified atom stereocenters. The van der Waals surface area contributed by atoms with E-state index in [9.17, 15) is 24.3 Å². The van der Waals surface area contributed by atoms with Gasteiger partial charge in [-0.1, -0.05) is 56.2 Å². The molecule has 0 radical (unpaired) electrons. The van der Waals surface area contributed by atoms with E-state index in [1.54, 1.807) is 66.0 Å². The Kier molecular flexibility index (Phi) is 12.0. The van der Waals surface area contributed by atoms with E-state index in [0.717, 1.165) is 11.1 Å². The van der Waals surface area contributed by atoms with Crippen LogP contribution in [0.15, 0.2) is 35.9 Å². The summed E-state index contributed by atoms with van der Waals surface area (Å²) in [6, 6.07) is 2.63. The molecule has 3 heterocycles. The summed E-state index contributed by atoms with van der Waals surface area (Å²) in [4.78, 5) is 55.8. The molecule has 1 aromatic carbocycles. The van der Waals surface area contributed by atoms with Gasteiger partial charge < -0.3 is 38.6 Å². The summed E-state index contributed by atoms with van der Waals surface area (Å²) in [6.45, 7) is 10.5. The fraction of sp³-hybridized carbons (Fsp3) is 0.611. The van der Waals surface area contributed by atoms with E-state index in [0.29, 0.717) is 17.9 Å². The third kappa shape index (κ3) is 8.11. The molecule has 2 N–H and O–H groups in total. The van der Waals surface area contributed by atoms with Gasteiger partial charge >= 0.3 is 12.1 Å². The van der Waals surface area contributed by atoms with Gasteiger partial charge in [-0.15, -0.1) is 0 Å². The molecule has 14 heteroatoms. The van der Waals surface area contributed by atoms with E-state index < -0.39 is 65.7 Å². The van der Waals surface area contributed by atoms with E-state index in [2.05, 4.69) is 5.32 Å². The Morgan fingerprint density at radius 2 is 1.88 bits per heavy atom. The molecule has 0 saturated carbocycles. The number of allylic oxidation sites excluding steroid dienone is 3. The number of esters is 1. The number of carbonyl (C=O) groups excluding carboxylic acids is 4. The molecule has 276 valence electrons. The molecule has 0 aliphatic carbocycles. The number of aliphatic hydroxyl groups is 1. The van der Waals surface area contributed by atoms with Crippen molar-refractivity contribution in [2.45, 2.75) is 103 Å². The Hall–Kier alpha value is -3.65. The van der Waals surface area contributed by atoms with Gasteiger partial charge in [-0.05, 0) is 44.9 Å². The Morgan fingerprint density at radius 3 is 2.50 bits per heavy atom. The molecule has 2 fully saturated rings. The fourth-order valence-corrected chi connectivity index (χ4v) is 6.91. The smallest absolute Gasteiger partial charge is 0.409 e. The number of carbonyl (C=O) groups is 4. The lowest BCUT2D eigenvalue weighted by Crippen LogP contribution is -2.63. The number of benzene rings is 1. The first kappa shape index (κ1) is 39.1. The molecule has 3 aliphatic heterocycles. The largest absolute Gasteiger partial charge is 0.495 e. The number of nitrogens with zero attached hydrogens (tertiary/aromatic N) is 2. The van der Waals surface area contributed by atoms with Gasteiger partial charge in [0.25, 0.3) is 0 Å². The molecule has 1 aromatic rings. The number of rotatable bonds is 6. The summed E-state index contributed by atoms with van der Waals surface area (Å²) in [5, 5.41) is 14.4. The third-order valence-corrected chi connectivity index (χ3v) is 10.4. The van der Waals surface area contributed by atoms with Crippen LogP contribution in [0.3, 0.4) is 0 Å². The second-order valence-corrected chi connectivity index (χ2v) is 14.4. The first-order chi connectivity index (χ1) is 23.4. The number of amides is 3. The second kappa shape index (κ2) is 15.3. The monoisotopic (exact) mass is 719 g/mol. The number of ether oxygens (including phenoxy) is 5. The number of epoxide rings is 1. The van der Waals surface area contributed by atoms with Gasteiger partial charge in [0.1, 0.15) is 40.7 Å². The minimum absolute atomic E-state index is 0.0449. The maximum Gasteiger partial charge on any atom is 0.409 e. The van der Waals surface area contributed by atoms with Crippen molar-refractivity contribution in [3.05, 3.63) is 46.5 Å². The number of nitrogens with one attached hydrogen (secondary N) is 1. The summed E-state index contributed by atoms with van der Waals surface area (Å²) < 4.78 is 29.1. The van der Waals surface area contributed by atoms with Gasteiger partial charge in [0, 0.05) is 39.5 Å². The molecule has 3 aliphatic rings. The second-order valence-electron chi connectivity index (χ2n) is 14.0. The Labute approximate surface area is 298 Å². The van der Waals surface area contributed by atoms with Gasteiger partial charge in [0.2, 0.25) is 11.8 Å². The molecule has 4 bridgehead atoms. The van der Waals surface area contributed by atoms with E-state index >= 15 is 0 Å². The molecule has 50 heavy (non-hydrogen) atoms. The van der Waals surface area contributed by atoms with Crippen LogP contribution in [0.25, 0.3) is 0 Å². The molecular weight excluding hydrogens is 670 g/mol. The minimum Gasteiger partial charge on any atom is -0.495 e. The SMILES string of the molecule is COc1cc2cc(c1Cl)N(C)C(=O)C[C@@H](OC(=O)[C@H](C)N(C)C(=O)C(C)C)[C@]1(C)OC1[C@H](C)[C@@H]1C[C@@](O)(NC(=O)O1)[C@H](OC)/C=C/C=C(\C)C2. The van der Waals surface area contributed by atoms with Gasteiger partial charge in [-0.3, -0.25) is 14.9 Å². The molecule has 0 spiro atoms. The van der Waals surface area contributed by atoms with Crippen molar-refractivity contribution in [3.8, 4) is 5.75 Å². The minimum atomic E-state index is -1.82. The average Bonchev–Trinajstić information content (AvgIpc) is 3.76. The highest BCUT2D eigenvalue weighted by atomic mass is 35.5. The van der Waals surface area contributed by atoms with Gasteiger partial charge in [-0.2, -0.15) is 0 Å². The van der Waals surface area contributed by atoms with Gasteiger partial charge in [0.15, 0.2) is 5.72 Å². The summed E-state index contributed by atoms with van der Waals surface area (Å²) in [5.74, 6) is -1.88. The zero-order chi connectivity index (χ0) is 37.3. The molecular formula is C36H50ClN3O10. The van der Waals surface area contributed by atoms with Crippen molar-refractivity contribution in [1.82, 2.24) is 10.2 Å². The van der Waals surface area contributed by atoms with Crippen molar-refractivity contribution < 1.29 is 48.0 Å². The summed E-state index contributed by atoms with van der Waals surface area (Å²) in [5.41, 5.74) is -0.881. The van der Waals surface area contributed by atoms with Crippen LogP contribution in [0.5, 0.6) is 5.75 Å². The van der Waals surface area contributed by atoms with Crippen LogP contribution in [0.4, 0.5) is 10.5 Å². The van der Waals surface area contributed by atoms with E-state index in [1.807, 2.05) is 13.0 Å². The zero-order valence-corrected chi connectivity index (χ0v) is 31.2. The van der Waals surface area contributed by atoms with E-state index in [1.165, 1.54) is 31.1 Å². The normalized spacial score (nSPS) is 32.5. The molecule has 3 amide bonds. The highest BCUT2D eigenvalue weighted by molar-refractivity contribution is 6.35. The fourth-order valence-electron chi connectivity index (χ4n) is 6.60. The lowest BCUT2D eigenvalue weighted by molar-refractivity contribution is -0.162. The number of methoxy groups -OCH3 is 2. The molecule has 13 nitrogen and oxygen atoms in total. The van der Waals surface area contributed by atoms with E-state index in [-0.39, 0.29) is 29.7 Å². The van der Waals surface area contributed by atoms with Gasteiger partial charge in [-0.25, -0.2) is 9.59 Å². The van der Waals surface area contributed by atoms with Crippen LogP contribution in [-0.4, -0.2) is 104 Å². The Balaban J connectivity index is 1.78. The lowest BCUT2D eigenvalue weighted by atomic mass is 9.83. The number of anilines is 1. The maximum atomic E-state index is 14.1. The summed E-state index contributed by atoms with van der Waals surface area (Å²) >= 11 is 6.74. The summed E-state index contributed by atoms with van der Waals surface area (Å²) in [7, 11) is 6.02. The Morgan fingerprint density at radius 1 is 1.20 bits per heavy atom. The van der Waals surface area contributed by atoms with E-state index in [4.69, 9.17) is 35.3 Å². The summed E-state index contributed by atoms with van der Waals surface area (Å²) in [6.07, 6.45) is 1.00. The molecule has 4 rings (SSSR count). The van der Waals surface area contributed by atoms with Crippen LogP contribution in [0.2, 0.25) is 5.02 Å². The predicted octanol–water partition coefficient (Wildman–Crippen LogP) is 4.17.